The molecule has 2 rings (SSSR count). The lowest BCUT2D eigenvalue weighted by Crippen LogP contribution is -2.27. The van der Waals surface area contributed by atoms with E-state index in [-0.39, 0.29) is 17.4 Å². The van der Waals surface area contributed by atoms with E-state index in [0.717, 1.165) is 11.1 Å². The maximum Gasteiger partial charge on any atom is 0.220 e. The van der Waals surface area contributed by atoms with Gasteiger partial charge in [0.2, 0.25) is 5.91 Å². The molecule has 0 bridgehead atoms. The molecule has 1 N–H and O–H groups in total. The number of nitrogens with one attached hydrogen (secondary N) is 1. The number of rotatable bonds is 5. The molecule has 0 heterocycles. The summed E-state index contributed by atoms with van der Waals surface area (Å²) in [5, 5.41) is 4.24. The first-order valence-electron chi connectivity index (χ1n) is 8.51. The van der Waals surface area contributed by atoms with Gasteiger partial charge in [-0.05, 0) is 47.6 Å². The van der Waals surface area contributed by atoms with Crippen LogP contribution in [0.2, 0.25) is 10.0 Å². The second kappa shape index (κ2) is 8.25. The van der Waals surface area contributed by atoms with Crippen LogP contribution in [0.15, 0.2) is 42.5 Å². The molecule has 2 aromatic rings. The van der Waals surface area contributed by atoms with Gasteiger partial charge in [0.25, 0.3) is 0 Å². The summed E-state index contributed by atoms with van der Waals surface area (Å²) >= 11 is 12.3. The topological polar surface area (TPSA) is 29.1 Å². The zero-order valence-corrected chi connectivity index (χ0v) is 16.7. The zero-order valence-electron chi connectivity index (χ0n) is 15.2. The standard InChI is InChI=1S/C21H25Cl2NO/c1-14(15-8-10-16(11-9-15)21(2,3)4)24-20(25)13-12-17-18(22)6-5-7-19(17)23/h5-11,14H,12-13H2,1-4H3,(H,24,25)/t14-/m0/s1. The summed E-state index contributed by atoms with van der Waals surface area (Å²) in [6.07, 6.45) is 0.883. The molecule has 25 heavy (non-hydrogen) atoms. The third kappa shape index (κ3) is 5.49. The molecule has 0 aliphatic heterocycles. The third-order valence-corrected chi connectivity index (χ3v) is 5.03. The van der Waals surface area contributed by atoms with Gasteiger partial charge in [0.05, 0.1) is 6.04 Å². The summed E-state index contributed by atoms with van der Waals surface area (Å²) in [6, 6.07) is 13.8. The number of halogens is 2. The minimum absolute atomic E-state index is 0.0108. The van der Waals surface area contributed by atoms with Gasteiger partial charge < -0.3 is 5.32 Å². The van der Waals surface area contributed by atoms with Crippen molar-refractivity contribution in [1.29, 1.82) is 0 Å². The molecule has 1 atom stereocenters. The molecule has 0 aliphatic carbocycles. The Balaban J connectivity index is 1.94. The maximum absolute atomic E-state index is 12.3. The highest BCUT2D eigenvalue weighted by molar-refractivity contribution is 6.36. The van der Waals surface area contributed by atoms with E-state index in [2.05, 4.69) is 50.4 Å². The van der Waals surface area contributed by atoms with Gasteiger partial charge in [0, 0.05) is 16.5 Å². The van der Waals surface area contributed by atoms with Crippen LogP contribution in [0, 0.1) is 0 Å². The number of carbonyl (C=O) groups is 1. The molecule has 0 radical (unpaired) electrons. The van der Waals surface area contributed by atoms with Gasteiger partial charge in [-0.3, -0.25) is 4.79 Å². The fourth-order valence-corrected chi connectivity index (χ4v) is 3.26. The van der Waals surface area contributed by atoms with E-state index in [0.29, 0.717) is 22.9 Å². The predicted octanol–water partition coefficient (Wildman–Crippen LogP) is 6.10. The highest BCUT2D eigenvalue weighted by atomic mass is 35.5. The lowest BCUT2D eigenvalue weighted by atomic mass is 9.86. The summed E-state index contributed by atoms with van der Waals surface area (Å²) in [7, 11) is 0. The van der Waals surface area contributed by atoms with Crippen molar-refractivity contribution < 1.29 is 4.79 Å². The molecular formula is C21H25Cl2NO. The van der Waals surface area contributed by atoms with E-state index in [4.69, 9.17) is 23.2 Å². The average Bonchev–Trinajstić information content (AvgIpc) is 2.53. The van der Waals surface area contributed by atoms with E-state index in [9.17, 15) is 4.79 Å². The lowest BCUT2D eigenvalue weighted by molar-refractivity contribution is -0.121. The Morgan fingerprint density at radius 1 is 1.04 bits per heavy atom. The number of hydrogen-bond acceptors (Lipinski definition) is 1. The molecule has 2 aromatic carbocycles. The molecule has 0 spiro atoms. The predicted molar refractivity (Wildman–Crippen MR) is 106 cm³/mol. The van der Waals surface area contributed by atoms with Crippen molar-refractivity contribution >= 4 is 29.1 Å². The normalized spacial score (nSPS) is 12.7. The lowest BCUT2D eigenvalue weighted by Gasteiger charge is -2.21. The van der Waals surface area contributed by atoms with Crippen molar-refractivity contribution in [2.24, 2.45) is 0 Å². The van der Waals surface area contributed by atoms with Gasteiger partial charge in [-0.1, -0.05) is 74.3 Å². The zero-order chi connectivity index (χ0) is 18.6. The van der Waals surface area contributed by atoms with Crippen LogP contribution in [0.4, 0.5) is 0 Å². The van der Waals surface area contributed by atoms with Crippen molar-refractivity contribution in [1.82, 2.24) is 5.32 Å². The van der Waals surface area contributed by atoms with Crippen LogP contribution >= 0.6 is 23.2 Å². The number of carbonyl (C=O) groups excluding carboxylic acids is 1. The Kier molecular flexibility index (Phi) is 6.53. The molecule has 0 fully saturated rings. The number of amides is 1. The van der Waals surface area contributed by atoms with E-state index < -0.39 is 0 Å². The maximum atomic E-state index is 12.3. The van der Waals surface area contributed by atoms with Crippen molar-refractivity contribution in [3.05, 3.63) is 69.2 Å². The third-order valence-electron chi connectivity index (χ3n) is 4.32. The summed E-state index contributed by atoms with van der Waals surface area (Å²) in [5.41, 5.74) is 3.32. The minimum atomic E-state index is -0.0387. The van der Waals surface area contributed by atoms with E-state index in [1.165, 1.54) is 5.56 Å². The van der Waals surface area contributed by atoms with E-state index in [1.54, 1.807) is 18.2 Å². The number of benzene rings is 2. The fourth-order valence-electron chi connectivity index (χ4n) is 2.68. The van der Waals surface area contributed by atoms with E-state index >= 15 is 0 Å². The second-order valence-electron chi connectivity index (χ2n) is 7.36. The molecule has 0 saturated heterocycles. The Labute approximate surface area is 160 Å². The Morgan fingerprint density at radius 3 is 2.12 bits per heavy atom. The molecular weight excluding hydrogens is 353 g/mol. The molecule has 0 unspecified atom stereocenters. The summed E-state index contributed by atoms with van der Waals surface area (Å²) in [4.78, 5) is 12.3. The van der Waals surface area contributed by atoms with Crippen LogP contribution in [0.3, 0.4) is 0 Å². The number of hydrogen-bond donors (Lipinski definition) is 1. The molecule has 0 aliphatic rings. The molecule has 2 nitrogen and oxygen atoms in total. The Bertz CT molecular complexity index is 712. The smallest absolute Gasteiger partial charge is 0.220 e. The largest absolute Gasteiger partial charge is 0.350 e. The SMILES string of the molecule is C[C@H](NC(=O)CCc1c(Cl)cccc1Cl)c1ccc(C(C)(C)C)cc1. The van der Waals surface area contributed by atoms with Gasteiger partial charge in [0.1, 0.15) is 0 Å². The van der Waals surface area contributed by atoms with Crippen molar-refractivity contribution in [3.63, 3.8) is 0 Å². The van der Waals surface area contributed by atoms with E-state index in [1.807, 2.05) is 6.92 Å². The Morgan fingerprint density at radius 2 is 1.60 bits per heavy atom. The molecule has 0 saturated carbocycles. The molecule has 4 heteroatoms. The summed E-state index contributed by atoms with van der Waals surface area (Å²) in [5.74, 6) is -0.0108. The fraction of sp³-hybridized carbons (Fsp3) is 0.381. The van der Waals surface area contributed by atoms with Crippen molar-refractivity contribution in [2.45, 2.75) is 52.0 Å². The van der Waals surface area contributed by atoms with Gasteiger partial charge in [-0.15, -0.1) is 0 Å². The van der Waals surface area contributed by atoms with Crippen LogP contribution in [-0.4, -0.2) is 5.91 Å². The molecule has 1 amide bonds. The van der Waals surface area contributed by atoms with Crippen LogP contribution in [0.1, 0.15) is 56.8 Å². The van der Waals surface area contributed by atoms with Crippen LogP contribution in [-0.2, 0) is 16.6 Å². The van der Waals surface area contributed by atoms with Gasteiger partial charge in [0.15, 0.2) is 0 Å². The van der Waals surface area contributed by atoms with Crippen LogP contribution in [0.25, 0.3) is 0 Å². The summed E-state index contributed by atoms with van der Waals surface area (Å²) in [6.45, 7) is 8.56. The first kappa shape index (κ1) is 19.8. The quantitative estimate of drug-likeness (QED) is 0.669. The van der Waals surface area contributed by atoms with Crippen LogP contribution in [0.5, 0.6) is 0 Å². The summed E-state index contributed by atoms with van der Waals surface area (Å²) < 4.78 is 0. The van der Waals surface area contributed by atoms with Gasteiger partial charge >= 0.3 is 0 Å². The van der Waals surface area contributed by atoms with Crippen molar-refractivity contribution in [2.75, 3.05) is 0 Å². The minimum Gasteiger partial charge on any atom is -0.350 e. The molecule has 0 aromatic heterocycles. The second-order valence-corrected chi connectivity index (χ2v) is 8.18. The van der Waals surface area contributed by atoms with Crippen LogP contribution < -0.4 is 5.32 Å². The highest BCUT2D eigenvalue weighted by Crippen LogP contribution is 2.26. The molecule has 134 valence electrons. The van der Waals surface area contributed by atoms with Crippen molar-refractivity contribution in [3.8, 4) is 0 Å². The highest BCUT2D eigenvalue weighted by Gasteiger charge is 2.15. The average molecular weight is 378 g/mol. The van der Waals surface area contributed by atoms with Gasteiger partial charge in [-0.25, -0.2) is 0 Å². The monoisotopic (exact) mass is 377 g/mol. The Hall–Kier alpha value is -1.51. The first-order valence-corrected chi connectivity index (χ1v) is 9.27. The first-order chi connectivity index (χ1) is 11.7. The van der Waals surface area contributed by atoms with Gasteiger partial charge in [-0.2, -0.15) is 0 Å².